The van der Waals surface area contributed by atoms with E-state index < -0.39 is 41.0 Å². The van der Waals surface area contributed by atoms with E-state index in [-0.39, 0.29) is 12.7 Å². The maximum atomic E-state index is 12.7. The minimum atomic E-state index is -4.99. The van der Waals surface area contributed by atoms with Crippen molar-refractivity contribution < 1.29 is 35.9 Å². The van der Waals surface area contributed by atoms with Crippen LogP contribution in [0.1, 0.15) is 28.4 Å². The monoisotopic (exact) mass is 329 g/mol. The quantitative estimate of drug-likeness (QED) is 0.859. The highest BCUT2D eigenvalue weighted by Gasteiger charge is 2.37. The number of halogens is 6. The van der Waals surface area contributed by atoms with E-state index in [1.807, 2.05) is 0 Å². The molecule has 1 N–H and O–H groups in total. The fraction of sp³-hybridized carbons (Fsp3) is 0.462. The number of carbonyl (C=O) groups is 1. The van der Waals surface area contributed by atoms with Crippen LogP contribution in [-0.2, 0) is 17.1 Å². The van der Waals surface area contributed by atoms with Crippen LogP contribution in [0.4, 0.5) is 26.3 Å². The van der Waals surface area contributed by atoms with Gasteiger partial charge in [-0.3, -0.25) is 4.79 Å². The molecule has 0 aliphatic heterocycles. The van der Waals surface area contributed by atoms with Gasteiger partial charge in [0.2, 0.25) is 0 Å². The number of alkyl halides is 6. The number of hydrogen-bond acceptors (Lipinski definition) is 2. The van der Waals surface area contributed by atoms with Gasteiger partial charge in [-0.2, -0.15) is 26.3 Å². The molecular weight excluding hydrogens is 316 g/mol. The second-order valence-electron chi connectivity index (χ2n) is 4.62. The lowest BCUT2D eigenvalue weighted by Crippen LogP contribution is -2.35. The standard InChI is InChI=1S/C13H13F6NO2/c1-7(6-22-2)20-11(21)8-3-9(12(14,15)16)5-10(4-8)13(17,18)19/h3-5,7H,6H2,1-2H3,(H,20,21). The van der Waals surface area contributed by atoms with Gasteiger partial charge in [0.25, 0.3) is 5.91 Å². The van der Waals surface area contributed by atoms with Gasteiger partial charge in [-0.05, 0) is 25.1 Å². The van der Waals surface area contributed by atoms with Gasteiger partial charge >= 0.3 is 12.4 Å². The fourth-order valence-corrected chi connectivity index (χ4v) is 1.68. The van der Waals surface area contributed by atoms with Crippen molar-refractivity contribution in [3.8, 4) is 0 Å². The van der Waals surface area contributed by atoms with Crippen LogP contribution in [0.5, 0.6) is 0 Å². The van der Waals surface area contributed by atoms with E-state index in [2.05, 4.69) is 5.32 Å². The summed E-state index contributed by atoms with van der Waals surface area (Å²) < 4.78 is 80.7. The molecule has 1 atom stereocenters. The average molecular weight is 329 g/mol. The Kier molecular flexibility index (Phi) is 5.44. The molecule has 3 nitrogen and oxygen atoms in total. The Bertz CT molecular complexity index is 506. The smallest absolute Gasteiger partial charge is 0.383 e. The van der Waals surface area contributed by atoms with Gasteiger partial charge in [-0.25, -0.2) is 0 Å². The molecule has 0 spiro atoms. The Morgan fingerprint density at radius 3 is 1.91 bits per heavy atom. The summed E-state index contributed by atoms with van der Waals surface area (Å²) >= 11 is 0. The van der Waals surface area contributed by atoms with Crippen LogP contribution < -0.4 is 5.32 Å². The van der Waals surface area contributed by atoms with Crippen molar-refractivity contribution in [2.75, 3.05) is 13.7 Å². The Morgan fingerprint density at radius 1 is 1.09 bits per heavy atom. The molecule has 0 aromatic heterocycles. The average Bonchev–Trinajstić information content (AvgIpc) is 2.36. The second-order valence-corrected chi connectivity index (χ2v) is 4.62. The summed E-state index contributed by atoms with van der Waals surface area (Å²) in [4.78, 5) is 11.8. The summed E-state index contributed by atoms with van der Waals surface area (Å²) in [5.74, 6) is -1.04. The minimum absolute atomic E-state index is 0.0324. The summed E-state index contributed by atoms with van der Waals surface area (Å²) in [6, 6.07) is 0.158. The lowest BCUT2D eigenvalue weighted by Gasteiger charge is -2.16. The number of hydrogen-bond donors (Lipinski definition) is 1. The SMILES string of the molecule is COCC(C)NC(=O)c1cc(C(F)(F)F)cc(C(F)(F)F)c1. The highest BCUT2D eigenvalue weighted by atomic mass is 19.4. The predicted molar refractivity (Wildman–Crippen MR) is 65.3 cm³/mol. The zero-order chi connectivity index (χ0) is 17.1. The van der Waals surface area contributed by atoms with E-state index in [4.69, 9.17) is 4.74 Å². The molecule has 0 aliphatic carbocycles. The third-order valence-electron chi connectivity index (χ3n) is 2.64. The molecule has 0 saturated carbocycles. The van der Waals surface area contributed by atoms with Crippen molar-refractivity contribution in [1.82, 2.24) is 5.32 Å². The van der Waals surface area contributed by atoms with Gasteiger partial charge in [0.1, 0.15) is 0 Å². The van der Waals surface area contributed by atoms with E-state index in [0.717, 1.165) is 0 Å². The molecule has 1 aromatic carbocycles. The first-order chi connectivity index (χ1) is 9.95. The van der Waals surface area contributed by atoms with Gasteiger partial charge in [0.05, 0.1) is 17.7 Å². The molecule has 1 unspecified atom stereocenters. The Morgan fingerprint density at radius 2 is 1.55 bits per heavy atom. The summed E-state index contributed by atoms with van der Waals surface area (Å²) in [6.45, 7) is 1.57. The summed E-state index contributed by atoms with van der Waals surface area (Å²) in [7, 11) is 1.34. The van der Waals surface area contributed by atoms with E-state index in [9.17, 15) is 31.1 Å². The predicted octanol–water partition coefficient (Wildman–Crippen LogP) is 3.49. The molecule has 1 amide bonds. The normalized spacial score (nSPS) is 13.8. The number of benzene rings is 1. The Hall–Kier alpha value is -1.77. The van der Waals surface area contributed by atoms with E-state index in [0.29, 0.717) is 12.1 Å². The number of carbonyl (C=O) groups excluding carboxylic acids is 1. The van der Waals surface area contributed by atoms with Gasteiger partial charge in [0, 0.05) is 18.7 Å². The summed E-state index contributed by atoms with van der Waals surface area (Å²) in [5, 5.41) is 2.26. The van der Waals surface area contributed by atoms with Gasteiger partial charge < -0.3 is 10.1 Å². The second kappa shape index (κ2) is 6.55. The molecule has 0 fully saturated rings. The van der Waals surface area contributed by atoms with Crippen LogP contribution in [-0.4, -0.2) is 25.7 Å². The van der Waals surface area contributed by atoms with Crippen LogP contribution in [0.3, 0.4) is 0 Å². The van der Waals surface area contributed by atoms with Crippen molar-refractivity contribution in [2.24, 2.45) is 0 Å². The summed E-state index contributed by atoms with van der Waals surface area (Å²) in [5.41, 5.74) is -3.79. The van der Waals surface area contributed by atoms with E-state index in [1.54, 1.807) is 0 Å². The number of amides is 1. The molecule has 0 heterocycles. The van der Waals surface area contributed by atoms with Gasteiger partial charge in [-0.15, -0.1) is 0 Å². The van der Waals surface area contributed by atoms with Crippen molar-refractivity contribution in [3.63, 3.8) is 0 Å². The lowest BCUT2D eigenvalue weighted by molar-refractivity contribution is -0.143. The molecule has 0 aliphatic rings. The highest BCUT2D eigenvalue weighted by molar-refractivity contribution is 5.94. The maximum Gasteiger partial charge on any atom is 0.416 e. The molecule has 0 saturated heterocycles. The van der Waals surface area contributed by atoms with Crippen LogP contribution in [0.15, 0.2) is 18.2 Å². The van der Waals surface area contributed by atoms with E-state index in [1.165, 1.54) is 14.0 Å². The molecular formula is C13H13F6NO2. The van der Waals surface area contributed by atoms with Crippen molar-refractivity contribution in [1.29, 1.82) is 0 Å². The van der Waals surface area contributed by atoms with Crippen LogP contribution >= 0.6 is 0 Å². The first-order valence-electron chi connectivity index (χ1n) is 6.04. The van der Waals surface area contributed by atoms with E-state index >= 15 is 0 Å². The largest absolute Gasteiger partial charge is 0.416 e. The molecule has 22 heavy (non-hydrogen) atoms. The Balaban J connectivity index is 3.21. The number of methoxy groups -OCH3 is 1. The number of ether oxygens (including phenoxy) is 1. The minimum Gasteiger partial charge on any atom is -0.383 e. The van der Waals surface area contributed by atoms with Crippen molar-refractivity contribution in [2.45, 2.75) is 25.3 Å². The lowest BCUT2D eigenvalue weighted by atomic mass is 10.0. The molecule has 124 valence electrons. The number of nitrogens with one attached hydrogen (secondary N) is 1. The van der Waals surface area contributed by atoms with Gasteiger partial charge in [-0.1, -0.05) is 0 Å². The van der Waals surface area contributed by atoms with Crippen molar-refractivity contribution in [3.05, 3.63) is 34.9 Å². The Labute approximate surface area is 122 Å². The first-order valence-corrected chi connectivity index (χ1v) is 6.04. The van der Waals surface area contributed by atoms with Crippen LogP contribution in [0.25, 0.3) is 0 Å². The van der Waals surface area contributed by atoms with Crippen LogP contribution in [0.2, 0.25) is 0 Å². The van der Waals surface area contributed by atoms with Gasteiger partial charge in [0.15, 0.2) is 0 Å². The zero-order valence-corrected chi connectivity index (χ0v) is 11.6. The molecule has 1 aromatic rings. The summed E-state index contributed by atoms with van der Waals surface area (Å²) in [6.07, 6.45) is -9.98. The highest BCUT2D eigenvalue weighted by Crippen LogP contribution is 2.36. The fourth-order valence-electron chi connectivity index (χ4n) is 1.68. The first kappa shape index (κ1) is 18.3. The third kappa shape index (κ3) is 4.90. The topological polar surface area (TPSA) is 38.3 Å². The molecule has 0 bridgehead atoms. The molecule has 0 radical (unpaired) electrons. The van der Waals surface area contributed by atoms with Crippen LogP contribution in [0, 0.1) is 0 Å². The molecule has 1 rings (SSSR count). The zero-order valence-electron chi connectivity index (χ0n) is 11.6. The number of rotatable bonds is 4. The van der Waals surface area contributed by atoms with Crippen molar-refractivity contribution >= 4 is 5.91 Å². The maximum absolute atomic E-state index is 12.7. The molecule has 9 heteroatoms. The third-order valence-corrected chi connectivity index (χ3v) is 2.64.